The molecule has 170 valence electrons. The second-order valence-corrected chi connectivity index (χ2v) is 7.84. The van der Waals surface area contributed by atoms with Gasteiger partial charge in [0.25, 0.3) is 0 Å². The molecule has 3 rings (SSSR count). The first kappa shape index (κ1) is 23.6. The second-order valence-electron chi connectivity index (χ2n) is 7.09. The summed E-state index contributed by atoms with van der Waals surface area (Å²) in [5.41, 5.74) is 3.30. The fourth-order valence-electron chi connectivity index (χ4n) is 3.12. The number of hydrogen-bond donors (Lipinski definition) is 2. The van der Waals surface area contributed by atoms with E-state index in [0.717, 1.165) is 46.7 Å². The number of ether oxygens (including phenoxy) is 3. The van der Waals surface area contributed by atoms with Crippen LogP contribution in [0, 0.1) is 0 Å². The standard InChI is InChI=1S/C24H30N4O3S/c1-5-30-21-12-7-18(16-22(21)31-6-2)13-14-25-17(3)15-23-27-24(32-28-23)26-19-8-10-20(29-4)11-9-19/h7-12,15-16,25H,5-6,13-14H2,1-4H3,(H,26,27,28)/p+1. The molecule has 7 nitrogen and oxygen atoms in total. The average molecular weight is 456 g/mol. The van der Waals surface area contributed by atoms with E-state index in [2.05, 4.69) is 39.0 Å². The number of anilines is 2. The quantitative estimate of drug-likeness (QED) is 0.425. The summed E-state index contributed by atoms with van der Waals surface area (Å²) >= 11 is 1.34. The van der Waals surface area contributed by atoms with E-state index in [9.17, 15) is 0 Å². The fraction of sp³-hybridized carbons (Fsp3) is 0.333. The van der Waals surface area contributed by atoms with E-state index in [1.54, 1.807) is 7.11 Å². The van der Waals surface area contributed by atoms with Gasteiger partial charge in [-0.2, -0.15) is 9.36 Å². The number of nitrogens with zero attached hydrogens (tertiary/aromatic N) is 2. The highest BCUT2D eigenvalue weighted by molar-refractivity contribution is 7.09. The van der Waals surface area contributed by atoms with E-state index in [4.69, 9.17) is 14.2 Å². The Bertz CT molecular complexity index is 1020. The monoisotopic (exact) mass is 455 g/mol. The summed E-state index contributed by atoms with van der Waals surface area (Å²) in [6.45, 7) is 8.19. The van der Waals surface area contributed by atoms with Crippen LogP contribution in [0.3, 0.4) is 0 Å². The number of allylic oxidation sites excluding steroid dienone is 1. The third kappa shape index (κ3) is 6.96. The van der Waals surface area contributed by atoms with Crippen molar-refractivity contribution in [1.82, 2.24) is 9.36 Å². The predicted octanol–water partition coefficient (Wildman–Crippen LogP) is 4.25. The summed E-state index contributed by atoms with van der Waals surface area (Å²) in [6.07, 6.45) is 2.92. The van der Waals surface area contributed by atoms with Gasteiger partial charge in [0.1, 0.15) is 11.4 Å². The van der Waals surface area contributed by atoms with Gasteiger partial charge in [-0.1, -0.05) is 6.07 Å². The van der Waals surface area contributed by atoms with Crippen LogP contribution in [0.25, 0.3) is 6.08 Å². The minimum Gasteiger partial charge on any atom is -0.497 e. The summed E-state index contributed by atoms with van der Waals surface area (Å²) in [7, 11) is 1.65. The van der Waals surface area contributed by atoms with E-state index in [-0.39, 0.29) is 0 Å². The van der Waals surface area contributed by atoms with Crippen LogP contribution in [0.1, 0.15) is 32.2 Å². The summed E-state index contributed by atoms with van der Waals surface area (Å²) in [5.74, 6) is 3.14. The average Bonchev–Trinajstić information content (AvgIpc) is 3.23. The predicted molar refractivity (Wildman–Crippen MR) is 129 cm³/mol. The highest BCUT2D eigenvalue weighted by Gasteiger charge is 2.08. The highest BCUT2D eigenvalue weighted by Crippen LogP contribution is 2.28. The van der Waals surface area contributed by atoms with Gasteiger partial charge in [-0.15, -0.1) is 0 Å². The van der Waals surface area contributed by atoms with Crippen molar-refractivity contribution < 1.29 is 19.5 Å². The number of rotatable bonds is 12. The molecule has 0 amide bonds. The summed E-state index contributed by atoms with van der Waals surface area (Å²) < 4.78 is 21.0. The van der Waals surface area contributed by atoms with Gasteiger partial charge in [0.05, 0.1) is 26.9 Å². The SMILES string of the molecule is CCOc1ccc(CC[NH2+]C(C)=Cc2nsc(Nc3ccc(OC)cc3)n2)cc1OCC. The van der Waals surface area contributed by atoms with Crippen molar-refractivity contribution in [2.24, 2.45) is 0 Å². The van der Waals surface area contributed by atoms with Crippen molar-refractivity contribution in [3.8, 4) is 17.2 Å². The molecule has 0 spiro atoms. The van der Waals surface area contributed by atoms with Crippen LogP contribution >= 0.6 is 11.5 Å². The third-order valence-electron chi connectivity index (χ3n) is 4.65. The lowest BCUT2D eigenvalue weighted by molar-refractivity contribution is -0.604. The van der Waals surface area contributed by atoms with Gasteiger partial charge in [0.15, 0.2) is 17.3 Å². The summed E-state index contributed by atoms with van der Waals surface area (Å²) in [5, 5.41) is 6.23. The van der Waals surface area contributed by atoms with Gasteiger partial charge in [-0.05, 0) is 55.8 Å². The van der Waals surface area contributed by atoms with Gasteiger partial charge in [-0.3, -0.25) is 0 Å². The van der Waals surface area contributed by atoms with Gasteiger partial charge in [0, 0.05) is 36.6 Å². The number of quaternary nitrogens is 1. The first-order valence-electron chi connectivity index (χ1n) is 10.8. The van der Waals surface area contributed by atoms with Crippen LogP contribution in [-0.4, -0.2) is 36.2 Å². The van der Waals surface area contributed by atoms with Crippen LogP contribution in [0.5, 0.6) is 17.2 Å². The molecule has 2 aromatic carbocycles. The molecule has 0 unspecified atom stereocenters. The van der Waals surface area contributed by atoms with Crippen LogP contribution in [-0.2, 0) is 6.42 Å². The van der Waals surface area contributed by atoms with E-state index in [1.165, 1.54) is 17.1 Å². The molecule has 3 N–H and O–H groups in total. The Hall–Kier alpha value is -3.10. The maximum Gasteiger partial charge on any atom is 0.207 e. The minimum atomic E-state index is 0.619. The summed E-state index contributed by atoms with van der Waals surface area (Å²) in [6, 6.07) is 13.9. The number of methoxy groups -OCH3 is 1. The summed E-state index contributed by atoms with van der Waals surface area (Å²) in [4.78, 5) is 4.55. The number of nitrogens with one attached hydrogen (secondary N) is 1. The van der Waals surface area contributed by atoms with Gasteiger partial charge >= 0.3 is 0 Å². The lowest BCUT2D eigenvalue weighted by Crippen LogP contribution is -2.82. The lowest BCUT2D eigenvalue weighted by Gasteiger charge is -2.12. The zero-order valence-corrected chi connectivity index (χ0v) is 19.9. The Balaban J connectivity index is 1.52. The molecule has 8 heteroatoms. The van der Waals surface area contributed by atoms with Crippen LogP contribution in [0.2, 0.25) is 0 Å². The molecule has 0 fully saturated rings. The number of benzene rings is 2. The maximum absolute atomic E-state index is 5.72. The number of hydrogen-bond acceptors (Lipinski definition) is 7. The van der Waals surface area contributed by atoms with E-state index in [0.29, 0.717) is 19.0 Å². The molecule has 3 aromatic rings. The van der Waals surface area contributed by atoms with Crippen molar-refractivity contribution in [3.05, 3.63) is 59.5 Å². The molecule has 0 radical (unpaired) electrons. The minimum absolute atomic E-state index is 0.619. The first-order chi connectivity index (χ1) is 15.6. The molecule has 0 saturated heterocycles. The molecule has 1 aromatic heterocycles. The number of aromatic nitrogens is 2. The number of nitrogens with two attached hydrogens (primary N) is 1. The van der Waals surface area contributed by atoms with E-state index in [1.807, 2.05) is 50.3 Å². The van der Waals surface area contributed by atoms with Crippen molar-refractivity contribution >= 4 is 28.4 Å². The van der Waals surface area contributed by atoms with E-state index < -0.39 is 0 Å². The van der Waals surface area contributed by atoms with Crippen molar-refractivity contribution in [2.75, 3.05) is 32.2 Å². The normalized spacial score (nSPS) is 11.3. The molecular formula is C24H31N4O3S+. The van der Waals surface area contributed by atoms with Gasteiger partial charge in [0.2, 0.25) is 5.13 Å². The Kier molecular flexibility index (Phi) is 8.89. The zero-order valence-electron chi connectivity index (χ0n) is 19.1. The van der Waals surface area contributed by atoms with E-state index >= 15 is 0 Å². The van der Waals surface area contributed by atoms with Gasteiger partial charge in [-0.25, -0.2) is 0 Å². The molecule has 0 atom stereocenters. The molecule has 32 heavy (non-hydrogen) atoms. The zero-order chi connectivity index (χ0) is 22.8. The largest absolute Gasteiger partial charge is 0.497 e. The molecular weight excluding hydrogens is 424 g/mol. The van der Waals surface area contributed by atoms with Crippen molar-refractivity contribution in [2.45, 2.75) is 27.2 Å². The Morgan fingerprint density at radius 3 is 2.53 bits per heavy atom. The molecule has 0 saturated carbocycles. The van der Waals surface area contributed by atoms with Gasteiger partial charge < -0.3 is 24.8 Å². The van der Waals surface area contributed by atoms with Crippen molar-refractivity contribution in [1.29, 1.82) is 0 Å². The Morgan fingerprint density at radius 1 is 1.06 bits per heavy atom. The molecule has 0 bridgehead atoms. The molecule has 0 aliphatic heterocycles. The highest BCUT2D eigenvalue weighted by atomic mass is 32.1. The van der Waals surface area contributed by atoms with Crippen LogP contribution in [0.15, 0.2) is 48.2 Å². The molecule has 1 heterocycles. The maximum atomic E-state index is 5.72. The topological polar surface area (TPSA) is 82.1 Å². The Morgan fingerprint density at radius 2 is 1.81 bits per heavy atom. The second kappa shape index (κ2) is 12.1. The molecule has 0 aliphatic carbocycles. The van der Waals surface area contributed by atoms with Crippen LogP contribution in [0.4, 0.5) is 10.8 Å². The third-order valence-corrected chi connectivity index (χ3v) is 5.29. The fourth-order valence-corrected chi connectivity index (χ4v) is 3.69. The first-order valence-corrected chi connectivity index (χ1v) is 11.5. The lowest BCUT2D eigenvalue weighted by atomic mass is 10.1. The van der Waals surface area contributed by atoms with Crippen molar-refractivity contribution in [3.63, 3.8) is 0 Å². The Labute approximate surface area is 193 Å². The van der Waals surface area contributed by atoms with Crippen LogP contribution < -0.4 is 24.8 Å². The smallest absolute Gasteiger partial charge is 0.207 e. The molecule has 0 aliphatic rings.